The number of halogens is 1. The minimum absolute atomic E-state index is 0. The van der Waals surface area contributed by atoms with E-state index in [1.54, 1.807) is 0 Å². The number of nitrogens with zero attached hydrogens (tertiary/aromatic N) is 2. The van der Waals surface area contributed by atoms with Crippen molar-refractivity contribution in [3.63, 3.8) is 0 Å². The van der Waals surface area contributed by atoms with Crippen LogP contribution in [0.1, 0.15) is 36.2 Å². The van der Waals surface area contributed by atoms with Crippen molar-refractivity contribution in [3.8, 4) is 0 Å². The van der Waals surface area contributed by atoms with Crippen LogP contribution in [0, 0.1) is 13.8 Å². The fraction of sp³-hybridized carbons (Fsp3) is 0.429. The Morgan fingerprint density at radius 2 is 1.54 bits per heavy atom. The molecule has 3 rings (SSSR count). The largest absolute Gasteiger partial charge is 0.349 e. The molecule has 1 aliphatic heterocycles. The summed E-state index contributed by atoms with van der Waals surface area (Å²) in [5.41, 5.74) is 5.68. The molecule has 1 aromatic carbocycles. The van der Waals surface area contributed by atoms with Gasteiger partial charge >= 0.3 is 0 Å². The van der Waals surface area contributed by atoms with Gasteiger partial charge in [0.15, 0.2) is 0 Å². The van der Waals surface area contributed by atoms with Crippen molar-refractivity contribution in [1.82, 2.24) is 9.47 Å². The molecule has 0 radical (unpaired) electrons. The van der Waals surface area contributed by atoms with Gasteiger partial charge in [-0.1, -0.05) is 36.4 Å². The van der Waals surface area contributed by atoms with Crippen LogP contribution in [0.2, 0.25) is 0 Å². The first-order valence-electron chi connectivity index (χ1n) is 8.83. The lowest BCUT2D eigenvalue weighted by atomic mass is 9.99. The maximum Gasteiger partial charge on any atom is 0.0225 e. The zero-order valence-corrected chi connectivity index (χ0v) is 15.7. The Morgan fingerprint density at radius 3 is 2.17 bits per heavy atom. The summed E-state index contributed by atoms with van der Waals surface area (Å²) in [4.78, 5) is 2.59. The van der Waals surface area contributed by atoms with Gasteiger partial charge in [0, 0.05) is 31.0 Å². The Morgan fingerprint density at radius 1 is 0.875 bits per heavy atom. The van der Waals surface area contributed by atoms with Crippen molar-refractivity contribution < 1.29 is 0 Å². The molecular weight excluding hydrogens is 316 g/mol. The van der Waals surface area contributed by atoms with Crippen LogP contribution in [0.5, 0.6) is 0 Å². The summed E-state index contributed by atoms with van der Waals surface area (Å²) in [7, 11) is 0. The first-order valence-corrected chi connectivity index (χ1v) is 8.83. The maximum absolute atomic E-state index is 2.59. The van der Waals surface area contributed by atoms with Crippen molar-refractivity contribution in [2.45, 2.75) is 39.7 Å². The molecule has 0 spiro atoms. The van der Waals surface area contributed by atoms with E-state index in [0.29, 0.717) is 0 Å². The van der Waals surface area contributed by atoms with Gasteiger partial charge in [-0.05, 0) is 62.9 Å². The van der Waals surface area contributed by atoms with E-state index in [1.807, 2.05) is 0 Å². The Hall–Kier alpha value is -1.51. The summed E-state index contributed by atoms with van der Waals surface area (Å²) in [5, 5.41) is 0. The molecule has 1 aromatic heterocycles. The predicted octanol–water partition coefficient (Wildman–Crippen LogP) is 5.10. The molecule has 2 nitrogen and oxygen atoms in total. The van der Waals surface area contributed by atoms with Crippen molar-refractivity contribution in [2.24, 2.45) is 0 Å². The molecule has 130 valence electrons. The molecule has 0 aliphatic carbocycles. The third kappa shape index (κ3) is 4.75. The SMILES string of the molecule is Cc1ccc(C)n1CCCCN1CC=C(c2ccccc2)CC1.Cl. The smallest absolute Gasteiger partial charge is 0.0225 e. The van der Waals surface area contributed by atoms with Crippen LogP contribution in [-0.2, 0) is 6.54 Å². The van der Waals surface area contributed by atoms with Gasteiger partial charge in [-0.2, -0.15) is 0 Å². The van der Waals surface area contributed by atoms with E-state index in [1.165, 1.54) is 54.9 Å². The average molecular weight is 345 g/mol. The van der Waals surface area contributed by atoms with Gasteiger partial charge in [0.05, 0.1) is 0 Å². The monoisotopic (exact) mass is 344 g/mol. The quantitative estimate of drug-likeness (QED) is 0.662. The Kier molecular flexibility index (Phi) is 7.14. The van der Waals surface area contributed by atoms with Gasteiger partial charge in [-0.3, -0.25) is 4.90 Å². The van der Waals surface area contributed by atoms with Crippen LogP contribution < -0.4 is 0 Å². The van der Waals surface area contributed by atoms with Crippen molar-refractivity contribution in [3.05, 3.63) is 65.5 Å². The first kappa shape index (κ1) is 18.8. The summed E-state index contributed by atoms with van der Waals surface area (Å²) in [6.07, 6.45) is 6.15. The van der Waals surface area contributed by atoms with Crippen molar-refractivity contribution in [1.29, 1.82) is 0 Å². The number of hydrogen-bond acceptors (Lipinski definition) is 1. The lowest BCUT2D eigenvalue weighted by Gasteiger charge is -2.26. The summed E-state index contributed by atoms with van der Waals surface area (Å²) in [6.45, 7) is 9.08. The van der Waals surface area contributed by atoms with Gasteiger partial charge in [0.25, 0.3) is 0 Å². The molecule has 0 N–H and O–H groups in total. The molecule has 3 heteroatoms. The molecular formula is C21H29ClN2. The van der Waals surface area contributed by atoms with Gasteiger partial charge < -0.3 is 4.57 Å². The van der Waals surface area contributed by atoms with Crippen LogP contribution in [0.15, 0.2) is 48.5 Å². The highest BCUT2D eigenvalue weighted by Gasteiger charge is 2.12. The van der Waals surface area contributed by atoms with E-state index < -0.39 is 0 Å². The molecule has 0 bridgehead atoms. The molecule has 0 atom stereocenters. The van der Waals surface area contributed by atoms with E-state index in [9.17, 15) is 0 Å². The highest BCUT2D eigenvalue weighted by molar-refractivity contribution is 5.85. The summed E-state index contributed by atoms with van der Waals surface area (Å²) >= 11 is 0. The molecule has 2 aromatic rings. The molecule has 24 heavy (non-hydrogen) atoms. The zero-order chi connectivity index (χ0) is 16.1. The average Bonchev–Trinajstić information content (AvgIpc) is 2.92. The normalized spacial score (nSPS) is 15.0. The topological polar surface area (TPSA) is 8.17 Å². The van der Waals surface area contributed by atoms with Crippen LogP contribution in [0.3, 0.4) is 0 Å². The number of aryl methyl sites for hydroxylation is 2. The van der Waals surface area contributed by atoms with Crippen LogP contribution in [0.4, 0.5) is 0 Å². The fourth-order valence-corrected chi connectivity index (χ4v) is 3.49. The first-order chi connectivity index (χ1) is 11.2. The van der Waals surface area contributed by atoms with Gasteiger partial charge in [-0.15, -0.1) is 12.4 Å². The number of hydrogen-bond donors (Lipinski definition) is 0. The number of rotatable bonds is 6. The van der Waals surface area contributed by atoms with Gasteiger partial charge in [0.2, 0.25) is 0 Å². The Balaban J connectivity index is 0.00000208. The van der Waals surface area contributed by atoms with Crippen molar-refractivity contribution in [2.75, 3.05) is 19.6 Å². The van der Waals surface area contributed by atoms with Crippen LogP contribution in [0.25, 0.3) is 5.57 Å². The lowest BCUT2D eigenvalue weighted by Crippen LogP contribution is -2.29. The van der Waals surface area contributed by atoms with E-state index in [-0.39, 0.29) is 12.4 Å². The summed E-state index contributed by atoms with van der Waals surface area (Å²) in [5.74, 6) is 0. The van der Waals surface area contributed by atoms with Gasteiger partial charge in [0.1, 0.15) is 0 Å². The van der Waals surface area contributed by atoms with E-state index >= 15 is 0 Å². The lowest BCUT2D eigenvalue weighted by molar-refractivity contribution is 0.292. The second kappa shape index (κ2) is 9.10. The van der Waals surface area contributed by atoms with E-state index in [2.05, 4.69) is 71.9 Å². The van der Waals surface area contributed by atoms with E-state index in [4.69, 9.17) is 0 Å². The standard InChI is InChI=1S/C21H28N2.ClH/c1-18-10-11-19(2)23(18)15-7-6-14-22-16-12-21(13-17-22)20-8-4-3-5-9-20;/h3-5,8-12H,6-7,13-17H2,1-2H3;1H. The highest BCUT2D eigenvalue weighted by atomic mass is 35.5. The summed E-state index contributed by atoms with van der Waals surface area (Å²) < 4.78 is 2.43. The number of aromatic nitrogens is 1. The molecule has 0 fully saturated rings. The number of unbranched alkanes of at least 4 members (excludes halogenated alkanes) is 1. The minimum atomic E-state index is 0. The van der Waals surface area contributed by atoms with Crippen LogP contribution >= 0.6 is 12.4 Å². The molecule has 0 amide bonds. The maximum atomic E-state index is 2.59. The predicted molar refractivity (Wildman–Crippen MR) is 106 cm³/mol. The second-order valence-corrected chi connectivity index (χ2v) is 6.62. The minimum Gasteiger partial charge on any atom is -0.349 e. The third-order valence-electron chi connectivity index (χ3n) is 4.96. The Bertz CT molecular complexity index is 638. The molecule has 0 saturated heterocycles. The molecule has 2 heterocycles. The Labute approximate surface area is 152 Å². The zero-order valence-electron chi connectivity index (χ0n) is 14.9. The molecule has 0 saturated carbocycles. The highest BCUT2D eigenvalue weighted by Crippen LogP contribution is 2.22. The third-order valence-corrected chi connectivity index (χ3v) is 4.96. The van der Waals surface area contributed by atoms with Gasteiger partial charge in [-0.25, -0.2) is 0 Å². The molecule has 0 unspecified atom stereocenters. The van der Waals surface area contributed by atoms with Crippen LogP contribution in [-0.4, -0.2) is 29.1 Å². The summed E-state index contributed by atoms with van der Waals surface area (Å²) in [6, 6.07) is 15.2. The van der Waals surface area contributed by atoms with Crippen molar-refractivity contribution >= 4 is 18.0 Å². The molecule has 1 aliphatic rings. The van der Waals surface area contributed by atoms with E-state index in [0.717, 1.165) is 13.1 Å². The number of benzene rings is 1. The fourth-order valence-electron chi connectivity index (χ4n) is 3.49. The second-order valence-electron chi connectivity index (χ2n) is 6.62.